The third-order valence-electron chi connectivity index (χ3n) is 10.5. The molecule has 0 aliphatic carbocycles. The van der Waals surface area contributed by atoms with Gasteiger partial charge in [0.1, 0.15) is 0 Å². The standard InChI is InChI=1S/C25H26N4O2S.C18H19BrN4/c1-32(30,31)23-7-5-6-21(14-23)24-16-27-29-18-22(15-26-25(24)29)20-10-8-19(9-11-20)17-28-12-3-2-4-13-28;19-17-11-21-23-13-16(10-20-18(17)23)15-6-4-14(5-7-15)12-22-8-2-1-3-9-22/h5-11,14-16,18H,2-4,12-13,17H2,1H3;4-7,10-11,13H,1-3,8-9,12H2. The summed E-state index contributed by atoms with van der Waals surface area (Å²) in [6.07, 6.45) is 20.5. The van der Waals surface area contributed by atoms with E-state index in [0.717, 1.165) is 51.0 Å². The lowest BCUT2D eigenvalue weighted by Gasteiger charge is -2.26. The van der Waals surface area contributed by atoms with Crippen molar-refractivity contribution >= 4 is 37.1 Å². The lowest BCUT2D eigenvalue weighted by Crippen LogP contribution is -2.28. The fourth-order valence-corrected chi connectivity index (χ4v) is 8.52. The summed E-state index contributed by atoms with van der Waals surface area (Å²) in [5.74, 6) is 0. The van der Waals surface area contributed by atoms with Crippen molar-refractivity contribution in [3.8, 4) is 33.4 Å². The number of nitrogens with zero attached hydrogens (tertiary/aromatic N) is 8. The molecule has 282 valence electrons. The Hall–Kier alpha value is -4.75. The van der Waals surface area contributed by atoms with Gasteiger partial charge >= 0.3 is 0 Å². The molecular formula is C43H45BrN8O2S. The number of halogens is 1. The molecule has 2 fully saturated rings. The summed E-state index contributed by atoms with van der Waals surface area (Å²) in [5.41, 5.74) is 10.2. The van der Waals surface area contributed by atoms with Crippen LogP contribution < -0.4 is 0 Å². The quantitative estimate of drug-likeness (QED) is 0.150. The largest absolute Gasteiger partial charge is 0.299 e. The molecule has 7 aromatic rings. The van der Waals surface area contributed by atoms with Crippen molar-refractivity contribution in [2.75, 3.05) is 32.4 Å². The average Bonchev–Trinajstić information content (AvgIpc) is 3.82. The fourth-order valence-electron chi connectivity index (χ4n) is 7.47. The average molecular weight is 818 g/mol. The first kappa shape index (κ1) is 37.2. The second-order valence-corrected chi connectivity index (χ2v) is 17.5. The number of hydrogen-bond donors (Lipinski definition) is 0. The van der Waals surface area contributed by atoms with E-state index in [2.05, 4.69) is 94.4 Å². The summed E-state index contributed by atoms with van der Waals surface area (Å²) in [6, 6.07) is 24.4. The maximum absolute atomic E-state index is 11.9. The molecule has 0 unspecified atom stereocenters. The maximum Gasteiger partial charge on any atom is 0.175 e. The molecule has 10 nitrogen and oxygen atoms in total. The van der Waals surface area contributed by atoms with E-state index in [0.29, 0.717) is 5.65 Å². The number of aromatic nitrogens is 6. The molecular weight excluding hydrogens is 772 g/mol. The summed E-state index contributed by atoms with van der Waals surface area (Å²) in [4.78, 5) is 14.5. The van der Waals surface area contributed by atoms with Crippen LogP contribution in [0, 0.1) is 0 Å². The monoisotopic (exact) mass is 816 g/mol. The van der Waals surface area contributed by atoms with Gasteiger partial charge in [-0.05, 0) is 108 Å². The predicted octanol–water partition coefficient (Wildman–Crippen LogP) is 8.60. The molecule has 0 N–H and O–H groups in total. The molecule has 0 spiro atoms. The number of benzene rings is 3. The van der Waals surface area contributed by atoms with Gasteiger partial charge in [0.15, 0.2) is 21.1 Å². The molecule has 2 aliphatic rings. The Morgan fingerprint density at radius 3 is 1.64 bits per heavy atom. The van der Waals surface area contributed by atoms with Crippen LogP contribution in [0.1, 0.15) is 49.7 Å². The highest BCUT2D eigenvalue weighted by molar-refractivity contribution is 9.10. The Kier molecular flexibility index (Phi) is 11.2. The van der Waals surface area contributed by atoms with Crippen LogP contribution in [0.15, 0.2) is 119 Å². The molecule has 6 heterocycles. The summed E-state index contributed by atoms with van der Waals surface area (Å²) in [7, 11) is -3.28. The Labute approximate surface area is 330 Å². The molecule has 0 atom stereocenters. The summed E-state index contributed by atoms with van der Waals surface area (Å²) >= 11 is 3.45. The van der Waals surface area contributed by atoms with E-state index in [-0.39, 0.29) is 4.90 Å². The SMILES string of the molecule is Brc1cnn2cc(-c3ccc(CN4CCCCC4)cc3)cnc12.CS(=O)(=O)c1cccc(-c2cnn3cc(-c4ccc(CN5CCCCC5)cc4)cnc23)c1. The first-order valence-electron chi connectivity index (χ1n) is 19.0. The van der Waals surface area contributed by atoms with E-state index in [4.69, 9.17) is 0 Å². The van der Waals surface area contributed by atoms with Gasteiger partial charge in [0.2, 0.25) is 0 Å². The van der Waals surface area contributed by atoms with Crippen molar-refractivity contribution in [3.05, 3.63) is 126 Å². The zero-order valence-corrected chi connectivity index (χ0v) is 33.5. The third-order valence-corrected chi connectivity index (χ3v) is 12.2. The Morgan fingerprint density at radius 1 is 0.582 bits per heavy atom. The van der Waals surface area contributed by atoms with Gasteiger partial charge in [-0.2, -0.15) is 10.2 Å². The summed E-state index contributed by atoms with van der Waals surface area (Å²) in [5, 5.41) is 8.77. The van der Waals surface area contributed by atoms with Gasteiger partial charge in [-0.3, -0.25) is 9.80 Å². The fraction of sp³-hybridized carbons (Fsp3) is 0.302. The highest BCUT2D eigenvalue weighted by Crippen LogP contribution is 2.28. The van der Waals surface area contributed by atoms with Crippen molar-refractivity contribution in [2.24, 2.45) is 0 Å². The lowest BCUT2D eigenvalue weighted by atomic mass is 10.1. The van der Waals surface area contributed by atoms with E-state index >= 15 is 0 Å². The van der Waals surface area contributed by atoms with Crippen molar-refractivity contribution in [3.63, 3.8) is 0 Å². The highest BCUT2D eigenvalue weighted by Gasteiger charge is 2.15. The molecule has 9 rings (SSSR count). The smallest absolute Gasteiger partial charge is 0.175 e. The van der Waals surface area contributed by atoms with Crippen LogP contribution in [0.5, 0.6) is 0 Å². The van der Waals surface area contributed by atoms with E-state index in [1.807, 2.05) is 30.9 Å². The van der Waals surface area contributed by atoms with Crippen LogP contribution in [-0.4, -0.2) is 79.8 Å². The van der Waals surface area contributed by atoms with E-state index in [9.17, 15) is 8.42 Å². The van der Waals surface area contributed by atoms with Crippen LogP contribution in [0.3, 0.4) is 0 Å². The van der Waals surface area contributed by atoms with Gasteiger partial charge in [-0.25, -0.2) is 27.4 Å². The van der Waals surface area contributed by atoms with Gasteiger partial charge < -0.3 is 0 Å². The zero-order valence-electron chi connectivity index (χ0n) is 31.1. The molecule has 0 radical (unpaired) electrons. The van der Waals surface area contributed by atoms with Gasteiger partial charge in [0.25, 0.3) is 0 Å². The summed E-state index contributed by atoms with van der Waals surface area (Å²) in [6.45, 7) is 6.91. The number of sulfone groups is 1. The van der Waals surface area contributed by atoms with Crippen molar-refractivity contribution in [2.45, 2.75) is 56.5 Å². The third kappa shape index (κ3) is 8.88. The minimum Gasteiger partial charge on any atom is -0.299 e. The Balaban J connectivity index is 0.000000164. The second kappa shape index (κ2) is 16.5. The number of piperidine rings is 2. The van der Waals surface area contributed by atoms with Crippen molar-refractivity contribution in [1.29, 1.82) is 0 Å². The Morgan fingerprint density at radius 2 is 1.09 bits per heavy atom. The number of likely N-dealkylation sites (tertiary alicyclic amines) is 2. The maximum atomic E-state index is 11.9. The molecule has 2 aliphatic heterocycles. The van der Waals surface area contributed by atoms with Crippen LogP contribution in [0.25, 0.3) is 44.7 Å². The van der Waals surface area contributed by atoms with E-state index in [1.54, 1.807) is 39.6 Å². The van der Waals surface area contributed by atoms with Gasteiger partial charge in [-0.15, -0.1) is 0 Å². The zero-order chi connectivity index (χ0) is 37.8. The molecule has 12 heteroatoms. The first-order chi connectivity index (χ1) is 26.8. The molecule has 0 bridgehead atoms. The first-order valence-corrected chi connectivity index (χ1v) is 21.7. The summed E-state index contributed by atoms with van der Waals surface area (Å²) < 4.78 is 28.3. The van der Waals surface area contributed by atoms with Gasteiger partial charge in [0, 0.05) is 60.8 Å². The highest BCUT2D eigenvalue weighted by atomic mass is 79.9. The minimum atomic E-state index is -3.28. The topological polar surface area (TPSA) is 101 Å². The predicted molar refractivity (Wildman–Crippen MR) is 221 cm³/mol. The molecule has 55 heavy (non-hydrogen) atoms. The molecule has 4 aromatic heterocycles. The van der Waals surface area contributed by atoms with Gasteiger partial charge in [0.05, 0.1) is 21.8 Å². The minimum absolute atomic E-state index is 0.288. The normalized spacial score (nSPS) is 15.6. The van der Waals surface area contributed by atoms with Crippen LogP contribution >= 0.6 is 15.9 Å². The molecule has 0 amide bonds. The van der Waals surface area contributed by atoms with E-state index in [1.165, 1.54) is 87.7 Å². The van der Waals surface area contributed by atoms with Crippen LogP contribution in [0.4, 0.5) is 0 Å². The number of fused-ring (bicyclic) bond motifs is 2. The lowest BCUT2D eigenvalue weighted by molar-refractivity contribution is 0.221. The molecule has 3 aromatic carbocycles. The van der Waals surface area contributed by atoms with Crippen molar-refractivity contribution in [1.82, 2.24) is 39.0 Å². The van der Waals surface area contributed by atoms with Crippen LogP contribution in [-0.2, 0) is 22.9 Å². The van der Waals surface area contributed by atoms with Crippen LogP contribution in [0.2, 0.25) is 0 Å². The molecule has 2 saturated heterocycles. The van der Waals surface area contributed by atoms with E-state index < -0.39 is 9.84 Å². The van der Waals surface area contributed by atoms with Crippen molar-refractivity contribution < 1.29 is 8.42 Å². The second-order valence-electron chi connectivity index (χ2n) is 14.6. The molecule has 0 saturated carbocycles. The number of rotatable bonds is 8. The van der Waals surface area contributed by atoms with Gasteiger partial charge in [-0.1, -0.05) is 73.5 Å². The number of hydrogen-bond acceptors (Lipinski definition) is 8. The Bertz CT molecular complexity index is 2500.